The van der Waals surface area contributed by atoms with Gasteiger partial charge < -0.3 is 0 Å². The van der Waals surface area contributed by atoms with Crippen molar-refractivity contribution in [1.29, 1.82) is 0 Å². The van der Waals surface area contributed by atoms with Crippen molar-refractivity contribution < 1.29 is 4.79 Å². The Balaban J connectivity index is 1.92. The van der Waals surface area contributed by atoms with Crippen LogP contribution in [0.25, 0.3) is 0 Å². The SMILES string of the molecule is O=C(c1cnccn1)C1(N2CCCC2)CCCC1. The van der Waals surface area contributed by atoms with Crippen molar-refractivity contribution in [2.24, 2.45) is 0 Å². The molecule has 0 aromatic carbocycles. The molecular formula is C14H19N3O. The van der Waals surface area contributed by atoms with Crippen molar-refractivity contribution in [2.45, 2.75) is 44.1 Å². The predicted octanol–water partition coefficient (Wildman–Crippen LogP) is 2.07. The molecule has 0 unspecified atom stereocenters. The normalized spacial score (nSPS) is 23.3. The first-order chi connectivity index (χ1) is 8.83. The van der Waals surface area contributed by atoms with Crippen LogP contribution in [0.5, 0.6) is 0 Å². The van der Waals surface area contributed by atoms with Crippen LogP contribution in [-0.4, -0.2) is 39.3 Å². The number of carbonyl (C=O) groups is 1. The lowest BCUT2D eigenvalue weighted by Gasteiger charge is -2.36. The van der Waals surface area contributed by atoms with Crippen LogP contribution >= 0.6 is 0 Å². The fraction of sp³-hybridized carbons (Fsp3) is 0.643. The number of aromatic nitrogens is 2. The molecule has 96 valence electrons. The second-order valence-electron chi connectivity index (χ2n) is 5.35. The summed E-state index contributed by atoms with van der Waals surface area (Å²) in [6.07, 6.45) is 11.6. The zero-order valence-corrected chi connectivity index (χ0v) is 10.6. The highest BCUT2D eigenvalue weighted by Gasteiger charge is 2.47. The summed E-state index contributed by atoms with van der Waals surface area (Å²) in [6, 6.07) is 0. The minimum absolute atomic E-state index is 0.190. The maximum atomic E-state index is 12.8. The molecule has 2 aliphatic rings. The van der Waals surface area contributed by atoms with Crippen LogP contribution in [0.4, 0.5) is 0 Å². The average Bonchev–Trinajstić information content (AvgIpc) is 3.10. The summed E-state index contributed by atoms with van der Waals surface area (Å²) in [4.78, 5) is 23.4. The number of ketones is 1. The third-order valence-corrected chi connectivity index (χ3v) is 4.36. The molecule has 0 N–H and O–H groups in total. The third kappa shape index (κ3) is 1.85. The van der Waals surface area contributed by atoms with E-state index < -0.39 is 0 Å². The maximum Gasteiger partial charge on any atom is 0.202 e. The minimum atomic E-state index is -0.271. The fourth-order valence-electron chi connectivity index (χ4n) is 3.45. The lowest BCUT2D eigenvalue weighted by molar-refractivity contribution is 0.0620. The van der Waals surface area contributed by atoms with Crippen LogP contribution in [0.15, 0.2) is 18.6 Å². The van der Waals surface area contributed by atoms with Gasteiger partial charge in [-0.15, -0.1) is 0 Å². The van der Waals surface area contributed by atoms with Crippen LogP contribution in [0, 0.1) is 0 Å². The van der Waals surface area contributed by atoms with E-state index in [1.165, 1.54) is 12.8 Å². The van der Waals surface area contributed by atoms with Crippen LogP contribution in [0.1, 0.15) is 49.0 Å². The largest absolute Gasteiger partial charge is 0.291 e. The van der Waals surface area contributed by atoms with Crippen LogP contribution in [-0.2, 0) is 0 Å². The summed E-state index contributed by atoms with van der Waals surface area (Å²) in [7, 11) is 0. The van der Waals surface area contributed by atoms with E-state index in [1.54, 1.807) is 18.6 Å². The first-order valence-corrected chi connectivity index (χ1v) is 6.89. The molecule has 0 amide bonds. The van der Waals surface area contributed by atoms with Gasteiger partial charge in [0.2, 0.25) is 5.78 Å². The van der Waals surface area contributed by atoms with Gasteiger partial charge in [0.1, 0.15) is 5.69 Å². The summed E-state index contributed by atoms with van der Waals surface area (Å²) < 4.78 is 0. The van der Waals surface area contributed by atoms with Gasteiger partial charge in [-0.3, -0.25) is 14.7 Å². The van der Waals surface area contributed by atoms with E-state index in [-0.39, 0.29) is 11.3 Å². The van der Waals surface area contributed by atoms with Crippen molar-refractivity contribution in [3.05, 3.63) is 24.3 Å². The summed E-state index contributed by atoms with van der Waals surface area (Å²) in [5.74, 6) is 0.190. The molecule has 2 fully saturated rings. The number of hydrogen-bond acceptors (Lipinski definition) is 4. The van der Waals surface area contributed by atoms with E-state index in [9.17, 15) is 4.79 Å². The van der Waals surface area contributed by atoms with Gasteiger partial charge in [0.05, 0.1) is 11.7 Å². The smallest absolute Gasteiger partial charge is 0.202 e. The minimum Gasteiger partial charge on any atom is -0.291 e. The van der Waals surface area contributed by atoms with Crippen molar-refractivity contribution in [1.82, 2.24) is 14.9 Å². The molecule has 0 spiro atoms. The van der Waals surface area contributed by atoms with Crippen molar-refractivity contribution >= 4 is 5.78 Å². The molecule has 4 nitrogen and oxygen atoms in total. The predicted molar refractivity (Wildman–Crippen MR) is 68.4 cm³/mol. The molecule has 0 bridgehead atoms. The van der Waals surface area contributed by atoms with Gasteiger partial charge in [0.15, 0.2) is 0 Å². The zero-order valence-electron chi connectivity index (χ0n) is 10.6. The highest BCUT2D eigenvalue weighted by Crippen LogP contribution is 2.39. The van der Waals surface area contributed by atoms with E-state index in [4.69, 9.17) is 0 Å². The fourth-order valence-corrected chi connectivity index (χ4v) is 3.45. The number of carbonyl (C=O) groups excluding carboxylic acids is 1. The molecule has 1 saturated carbocycles. The highest BCUT2D eigenvalue weighted by molar-refractivity contribution is 6.01. The Morgan fingerprint density at radius 1 is 1.11 bits per heavy atom. The number of Topliss-reactive ketones (excluding diaryl/α,β-unsaturated/α-hetero) is 1. The lowest BCUT2D eigenvalue weighted by Crippen LogP contribution is -2.51. The summed E-state index contributed by atoms with van der Waals surface area (Å²) in [5, 5.41) is 0. The number of rotatable bonds is 3. The van der Waals surface area contributed by atoms with E-state index in [1.807, 2.05) is 0 Å². The van der Waals surface area contributed by atoms with Crippen molar-refractivity contribution in [3.63, 3.8) is 0 Å². The molecule has 1 saturated heterocycles. The Hall–Kier alpha value is -1.29. The Kier molecular flexibility index (Phi) is 3.12. The molecule has 1 aliphatic carbocycles. The Morgan fingerprint density at radius 3 is 2.44 bits per heavy atom. The molecule has 3 rings (SSSR count). The van der Waals surface area contributed by atoms with Crippen molar-refractivity contribution in [3.8, 4) is 0 Å². The van der Waals surface area contributed by atoms with Gasteiger partial charge in [-0.1, -0.05) is 12.8 Å². The second-order valence-corrected chi connectivity index (χ2v) is 5.35. The molecule has 0 radical (unpaired) electrons. The standard InChI is InChI=1S/C14H19N3O/c18-13(12-11-15-7-8-16-12)14(5-1-2-6-14)17-9-3-4-10-17/h7-8,11H,1-6,9-10H2. The van der Waals surface area contributed by atoms with E-state index >= 15 is 0 Å². The topological polar surface area (TPSA) is 46.1 Å². The van der Waals surface area contributed by atoms with Gasteiger partial charge in [-0.25, -0.2) is 4.98 Å². The molecule has 1 aliphatic heterocycles. The number of likely N-dealkylation sites (tertiary alicyclic amines) is 1. The lowest BCUT2D eigenvalue weighted by atomic mass is 9.88. The first-order valence-electron chi connectivity index (χ1n) is 6.89. The second kappa shape index (κ2) is 4.76. The molecular weight excluding hydrogens is 226 g/mol. The number of nitrogens with zero attached hydrogens (tertiary/aromatic N) is 3. The average molecular weight is 245 g/mol. The zero-order chi connectivity index (χ0) is 12.4. The van der Waals surface area contributed by atoms with E-state index in [0.29, 0.717) is 5.69 Å². The van der Waals surface area contributed by atoms with Gasteiger partial charge >= 0.3 is 0 Å². The molecule has 0 atom stereocenters. The maximum absolute atomic E-state index is 12.8. The molecule has 4 heteroatoms. The molecule has 1 aromatic rings. The monoisotopic (exact) mass is 245 g/mol. The molecule has 1 aromatic heterocycles. The first kappa shape index (κ1) is 11.8. The van der Waals surface area contributed by atoms with Crippen LogP contribution < -0.4 is 0 Å². The quantitative estimate of drug-likeness (QED) is 0.765. The van der Waals surface area contributed by atoms with Crippen LogP contribution in [0.3, 0.4) is 0 Å². The highest BCUT2D eigenvalue weighted by atomic mass is 16.1. The molecule has 18 heavy (non-hydrogen) atoms. The Labute approximate surface area is 107 Å². The number of hydrogen-bond donors (Lipinski definition) is 0. The Bertz CT molecular complexity index is 420. The van der Waals surface area contributed by atoms with Gasteiger partial charge in [-0.2, -0.15) is 0 Å². The van der Waals surface area contributed by atoms with Crippen LogP contribution in [0.2, 0.25) is 0 Å². The summed E-state index contributed by atoms with van der Waals surface area (Å²) >= 11 is 0. The molecule has 2 heterocycles. The van der Waals surface area contributed by atoms with Gasteiger partial charge in [-0.05, 0) is 38.8 Å². The van der Waals surface area contributed by atoms with Gasteiger partial charge in [0.25, 0.3) is 0 Å². The summed E-state index contributed by atoms with van der Waals surface area (Å²) in [5.41, 5.74) is 0.262. The van der Waals surface area contributed by atoms with Crippen molar-refractivity contribution in [2.75, 3.05) is 13.1 Å². The van der Waals surface area contributed by atoms with E-state index in [2.05, 4.69) is 14.9 Å². The summed E-state index contributed by atoms with van der Waals surface area (Å²) in [6.45, 7) is 2.12. The van der Waals surface area contributed by atoms with E-state index in [0.717, 1.165) is 38.8 Å². The Morgan fingerprint density at radius 2 is 1.83 bits per heavy atom. The third-order valence-electron chi connectivity index (χ3n) is 4.36. The van der Waals surface area contributed by atoms with Gasteiger partial charge in [0, 0.05) is 12.4 Å².